The van der Waals surface area contributed by atoms with E-state index in [1.54, 1.807) is 6.20 Å². The number of aromatic nitrogens is 1. The van der Waals surface area contributed by atoms with E-state index >= 15 is 0 Å². The number of nitrogens with one attached hydrogen (secondary N) is 2. The zero-order valence-electron chi connectivity index (χ0n) is 11.3. The van der Waals surface area contributed by atoms with Gasteiger partial charge in [-0.15, -0.1) is 0 Å². The van der Waals surface area contributed by atoms with Crippen LogP contribution in [0.2, 0.25) is 0 Å². The fourth-order valence-electron chi connectivity index (χ4n) is 2.99. The van der Waals surface area contributed by atoms with Gasteiger partial charge in [-0.1, -0.05) is 19.9 Å². The van der Waals surface area contributed by atoms with Crippen LogP contribution in [0, 0.1) is 17.3 Å². The molecular weight excluding hydrogens is 256 g/mol. The van der Waals surface area contributed by atoms with Crippen LogP contribution in [0.3, 0.4) is 0 Å². The van der Waals surface area contributed by atoms with E-state index in [1.807, 2.05) is 38.1 Å². The lowest BCUT2D eigenvalue weighted by Gasteiger charge is -2.07. The van der Waals surface area contributed by atoms with Crippen LogP contribution in [0.1, 0.15) is 13.8 Å². The first-order valence-electron chi connectivity index (χ1n) is 6.52. The highest BCUT2D eigenvalue weighted by Crippen LogP contribution is 2.58. The van der Waals surface area contributed by atoms with Gasteiger partial charge in [0.25, 0.3) is 0 Å². The number of carbonyl (C=O) groups excluding carboxylic acids is 1. The van der Waals surface area contributed by atoms with Crippen molar-refractivity contribution in [1.82, 2.24) is 4.98 Å². The lowest BCUT2D eigenvalue weighted by molar-refractivity contribution is -0.140. The molecule has 5 heteroatoms. The molecule has 1 amide bonds. The molecule has 1 saturated carbocycles. The lowest BCUT2D eigenvalue weighted by atomic mass is 10.1. The molecule has 1 aliphatic rings. The molecule has 0 unspecified atom stereocenters. The van der Waals surface area contributed by atoms with E-state index in [1.165, 1.54) is 0 Å². The summed E-state index contributed by atoms with van der Waals surface area (Å²) in [5.41, 5.74) is 1.16. The van der Waals surface area contributed by atoms with Gasteiger partial charge in [0.2, 0.25) is 5.91 Å². The first-order chi connectivity index (χ1) is 9.43. The number of rotatable bonds is 3. The van der Waals surface area contributed by atoms with Crippen molar-refractivity contribution in [3.8, 4) is 0 Å². The van der Waals surface area contributed by atoms with E-state index in [9.17, 15) is 9.59 Å². The molecule has 0 radical (unpaired) electrons. The fourth-order valence-corrected chi connectivity index (χ4v) is 2.99. The van der Waals surface area contributed by atoms with Crippen LogP contribution in [0.25, 0.3) is 10.9 Å². The van der Waals surface area contributed by atoms with Gasteiger partial charge in [-0.25, -0.2) is 0 Å². The monoisotopic (exact) mass is 272 g/mol. The molecule has 1 heterocycles. The number of benzene rings is 1. The zero-order valence-corrected chi connectivity index (χ0v) is 11.3. The van der Waals surface area contributed by atoms with Gasteiger partial charge in [-0.3, -0.25) is 9.59 Å². The molecule has 0 aliphatic heterocycles. The highest BCUT2D eigenvalue weighted by atomic mass is 16.4. The van der Waals surface area contributed by atoms with Crippen molar-refractivity contribution >= 4 is 28.5 Å². The summed E-state index contributed by atoms with van der Waals surface area (Å²) in [7, 11) is 0. The molecule has 104 valence electrons. The zero-order chi connectivity index (χ0) is 14.5. The normalized spacial score (nSPS) is 23.5. The van der Waals surface area contributed by atoms with Crippen LogP contribution >= 0.6 is 0 Å². The molecule has 0 saturated heterocycles. The van der Waals surface area contributed by atoms with E-state index in [4.69, 9.17) is 5.11 Å². The van der Waals surface area contributed by atoms with E-state index in [0.717, 1.165) is 10.9 Å². The lowest BCUT2D eigenvalue weighted by Crippen LogP contribution is -2.17. The summed E-state index contributed by atoms with van der Waals surface area (Å²) in [6.07, 6.45) is 1.81. The Kier molecular flexibility index (Phi) is 2.61. The Hall–Kier alpha value is -2.30. The Bertz CT molecular complexity index is 702. The molecule has 3 N–H and O–H groups in total. The average molecular weight is 272 g/mol. The van der Waals surface area contributed by atoms with Gasteiger partial charge in [-0.05, 0) is 23.6 Å². The van der Waals surface area contributed by atoms with Gasteiger partial charge >= 0.3 is 5.97 Å². The Labute approximate surface area is 116 Å². The van der Waals surface area contributed by atoms with Crippen LogP contribution < -0.4 is 5.32 Å². The Morgan fingerprint density at radius 1 is 1.25 bits per heavy atom. The number of fused-ring (bicyclic) bond motifs is 1. The first kappa shape index (κ1) is 12.7. The van der Waals surface area contributed by atoms with Crippen LogP contribution in [0.15, 0.2) is 30.5 Å². The predicted molar refractivity (Wildman–Crippen MR) is 75.3 cm³/mol. The minimum Gasteiger partial charge on any atom is -0.481 e. The number of amides is 1. The number of carboxylic acid groups (broad SMARTS) is 1. The molecule has 1 aliphatic carbocycles. The van der Waals surface area contributed by atoms with Gasteiger partial charge < -0.3 is 15.4 Å². The van der Waals surface area contributed by atoms with Gasteiger partial charge in [0.05, 0.1) is 17.5 Å². The second kappa shape index (κ2) is 4.10. The summed E-state index contributed by atoms with van der Waals surface area (Å²) >= 11 is 0. The molecule has 0 bridgehead atoms. The minimum atomic E-state index is -0.907. The highest BCUT2D eigenvalue weighted by molar-refractivity contribution is 6.05. The van der Waals surface area contributed by atoms with Crippen molar-refractivity contribution in [3.05, 3.63) is 30.5 Å². The Balaban J connectivity index is 1.84. The molecule has 1 fully saturated rings. The summed E-state index contributed by atoms with van der Waals surface area (Å²) in [6, 6.07) is 7.48. The molecule has 1 aromatic heterocycles. The standard InChI is InChI=1S/C15H16N2O3/c1-15(2)11(12(15)14(19)20)13(18)17-10-5-3-4-9-8(10)6-7-16-9/h3-7,11-12,16H,1-2H3,(H,17,18)(H,19,20)/t11-,12+/m0/s1. The molecule has 5 nitrogen and oxygen atoms in total. The SMILES string of the molecule is CC1(C)[C@H](C(=O)Nc2cccc3[nH]ccc23)[C@@H]1C(=O)O. The second-order valence-electron chi connectivity index (χ2n) is 5.85. The number of aliphatic carboxylic acids is 1. The number of H-pyrrole nitrogens is 1. The maximum absolute atomic E-state index is 12.3. The van der Waals surface area contributed by atoms with E-state index in [0.29, 0.717) is 5.69 Å². The molecule has 2 atom stereocenters. The Morgan fingerprint density at radius 2 is 2.00 bits per heavy atom. The van der Waals surface area contributed by atoms with Crippen molar-refractivity contribution in [2.45, 2.75) is 13.8 Å². The smallest absolute Gasteiger partial charge is 0.307 e. The van der Waals surface area contributed by atoms with Crippen molar-refractivity contribution in [2.75, 3.05) is 5.32 Å². The number of aromatic amines is 1. The summed E-state index contributed by atoms with van der Waals surface area (Å²) in [5.74, 6) is -2.21. The van der Waals surface area contributed by atoms with Crippen molar-refractivity contribution in [3.63, 3.8) is 0 Å². The van der Waals surface area contributed by atoms with E-state index < -0.39 is 23.2 Å². The molecule has 1 aromatic carbocycles. The quantitative estimate of drug-likeness (QED) is 0.802. The minimum absolute atomic E-state index is 0.226. The third-order valence-corrected chi connectivity index (χ3v) is 4.23. The van der Waals surface area contributed by atoms with Crippen LogP contribution in [0.4, 0.5) is 5.69 Å². The predicted octanol–water partition coefficient (Wildman–Crippen LogP) is 2.46. The summed E-state index contributed by atoms with van der Waals surface area (Å²) in [5, 5.41) is 12.9. The molecule has 2 aromatic rings. The number of hydrogen-bond acceptors (Lipinski definition) is 2. The van der Waals surface area contributed by atoms with Gasteiger partial charge in [0.1, 0.15) is 0 Å². The third-order valence-electron chi connectivity index (χ3n) is 4.23. The first-order valence-corrected chi connectivity index (χ1v) is 6.52. The molecule has 0 spiro atoms. The van der Waals surface area contributed by atoms with Gasteiger partial charge in [-0.2, -0.15) is 0 Å². The average Bonchev–Trinajstić information content (AvgIpc) is 2.73. The van der Waals surface area contributed by atoms with Crippen LogP contribution in [-0.2, 0) is 9.59 Å². The summed E-state index contributed by atoms with van der Waals surface area (Å²) in [6.45, 7) is 3.62. The highest BCUT2D eigenvalue weighted by Gasteiger charge is 2.65. The van der Waals surface area contributed by atoms with Crippen molar-refractivity contribution in [1.29, 1.82) is 0 Å². The van der Waals surface area contributed by atoms with Crippen LogP contribution in [0.5, 0.6) is 0 Å². The maximum Gasteiger partial charge on any atom is 0.307 e. The number of hydrogen-bond donors (Lipinski definition) is 3. The second-order valence-corrected chi connectivity index (χ2v) is 5.85. The third kappa shape index (κ3) is 1.78. The molecular formula is C15H16N2O3. The van der Waals surface area contributed by atoms with Gasteiger partial charge in [0.15, 0.2) is 0 Å². The summed E-state index contributed by atoms with van der Waals surface area (Å²) in [4.78, 5) is 26.5. The van der Waals surface area contributed by atoms with Crippen molar-refractivity contribution < 1.29 is 14.7 Å². The fraction of sp³-hybridized carbons (Fsp3) is 0.333. The van der Waals surface area contributed by atoms with E-state index in [2.05, 4.69) is 10.3 Å². The molecule has 20 heavy (non-hydrogen) atoms. The largest absolute Gasteiger partial charge is 0.481 e. The number of carboxylic acids is 1. The number of carbonyl (C=O) groups is 2. The van der Waals surface area contributed by atoms with Crippen molar-refractivity contribution in [2.24, 2.45) is 17.3 Å². The maximum atomic E-state index is 12.3. The number of anilines is 1. The summed E-state index contributed by atoms with van der Waals surface area (Å²) < 4.78 is 0. The molecule has 3 rings (SSSR count). The Morgan fingerprint density at radius 3 is 2.65 bits per heavy atom. The van der Waals surface area contributed by atoms with Crippen LogP contribution in [-0.4, -0.2) is 22.0 Å². The van der Waals surface area contributed by atoms with E-state index in [-0.39, 0.29) is 5.91 Å². The van der Waals surface area contributed by atoms with Gasteiger partial charge in [0, 0.05) is 17.1 Å². The topological polar surface area (TPSA) is 82.2 Å².